The first-order valence-electron chi connectivity index (χ1n) is 6.55. The predicted octanol–water partition coefficient (Wildman–Crippen LogP) is 0.307. The van der Waals surface area contributed by atoms with E-state index in [1.165, 1.54) is 39.8 Å². The minimum absolute atomic E-state index is 0.0245. The molecule has 0 unspecified atom stereocenters. The molecule has 0 aromatic carbocycles. The number of carbonyl (C=O) groups excluding carboxylic acids is 2. The van der Waals surface area contributed by atoms with Gasteiger partial charge in [-0.1, -0.05) is 23.1 Å². The number of fused-ring (bicyclic) bond motifs is 1. The summed E-state index contributed by atoms with van der Waals surface area (Å²) < 4.78 is 0.766. The Morgan fingerprint density at radius 1 is 1.57 bits per heavy atom. The SMILES string of the molecule is Cc1nnc(SCC2=C(C(=O)O)N3C(=O)[C@@H](NC=O)[C@H]3SC2)s1. The Hall–Kier alpha value is -1.59. The van der Waals surface area contributed by atoms with Gasteiger partial charge < -0.3 is 10.4 Å². The number of carboxylic acids is 1. The maximum absolute atomic E-state index is 12.1. The molecule has 0 radical (unpaired) electrons. The Balaban J connectivity index is 1.79. The van der Waals surface area contributed by atoms with E-state index in [-0.39, 0.29) is 17.0 Å². The van der Waals surface area contributed by atoms with E-state index in [4.69, 9.17) is 0 Å². The third kappa shape index (κ3) is 2.95. The molecule has 1 aromatic heterocycles. The molecule has 2 atom stereocenters. The van der Waals surface area contributed by atoms with Gasteiger partial charge in [-0.15, -0.1) is 22.0 Å². The molecule has 1 aromatic rings. The van der Waals surface area contributed by atoms with Crippen LogP contribution >= 0.6 is 34.9 Å². The lowest BCUT2D eigenvalue weighted by molar-refractivity contribution is -0.149. The van der Waals surface area contributed by atoms with Crippen molar-refractivity contribution in [3.05, 3.63) is 16.3 Å². The molecule has 8 nitrogen and oxygen atoms in total. The Labute approximate surface area is 143 Å². The number of amides is 2. The van der Waals surface area contributed by atoms with Crippen LogP contribution in [0.3, 0.4) is 0 Å². The number of aromatic nitrogens is 2. The molecular weight excluding hydrogens is 360 g/mol. The normalized spacial score (nSPS) is 23.3. The van der Waals surface area contributed by atoms with E-state index in [0.717, 1.165) is 9.35 Å². The van der Waals surface area contributed by atoms with Crippen molar-refractivity contribution >= 4 is 53.1 Å². The van der Waals surface area contributed by atoms with Gasteiger partial charge in [0.1, 0.15) is 22.1 Å². The van der Waals surface area contributed by atoms with E-state index in [1.807, 2.05) is 6.92 Å². The van der Waals surface area contributed by atoms with Crippen LogP contribution < -0.4 is 5.32 Å². The molecular formula is C12H12N4O4S3. The highest BCUT2D eigenvalue weighted by Gasteiger charge is 2.53. The number of aliphatic carboxylic acids is 1. The average molecular weight is 372 g/mol. The Morgan fingerprint density at radius 3 is 2.96 bits per heavy atom. The van der Waals surface area contributed by atoms with Gasteiger partial charge in [-0.2, -0.15) is 0 Å². The molecule has 1 saturated heterocycles. The van der Waals surface area contributed by atoms with Crippen molar-refractivity contribution in [3.63, 3.8) is 0 Å². The number of hydrogen-bond donors (Lipinski definition) is 2. The predicted molar refractivity (Wildman–Crippen MR) is 86.1 cm³/mol. The number of carboxylic acid groups (broad SMARTS) is 1. The third-order valence-corrected chi connectivity index (χ3v) is 6.77. The fourth-order valence-corrected chi connectivity index (χ4v) is 5.68. The van der Waals surface area contributed by atoms with Crippen LogP contribution in [0.15, 0.2) is 15.6 Å². The Kier molecular flexibility index (Phi) is 4.60. The minimum Gasteiger partial charge on any atom is -0.477 e. The number of carbonyl (C=O) groups is 3. The quantitative estimate of drug-likeness (QED) is 0.417. The van der Waals surface area contributed by atoms with E-state index in [9.17, 15) is 19.5 Å². The average Bonchev–Trinajstić information content (AvgIpc) is 2.94. The van der Waals surface area contributed by atoms with E-state index < -0.39 is 12.0 Å². The molecule has 0 saturated carbocycles. The molecule has 3 heterocycles. The van der Waals surface area contributed by atoms with Crippen molar-refractivity contribution in [1.29, 1.82) is 0 Å². The summed E-state index contributed by atoms with van der Waals surface area (Å²) in [5, 5.41) is 20.3. The highest BCUT2D eigenvalue weighted by molar-refractivity contribution is 8.01. The maximum atomic E-state index is 12.1. The standard InChI is InChI=1S/C12H12N4O4S3/c1-5-14-15-12(23-5)22-3-6-2-21-10-7(13-4-17)9(18)16(10)8(6)11(19)20/h4,7,10H,2-3H2,1H3,(H,13,17)(H,19,20)/t7-,10-/m1/s1. The summed E-state index contributed by atoms with van der Waals surface area (Å²) in [7, 11) is 0. The lowest BCUT2D eigenvalue weighted by Gasteiger charge is -2.49. The van der Waals surface area contributed by atoms with E-state index >= 15 is 0 Å². The van der Waals surface area contributed by atoms with Crippen LogP contribution in [0.4, 0.5) is 0 Å². The fourth-order valence-electron chi connectivity index (χ4n) is 2.37. The van der Waals surface area contributed by atoms with Crippen LogP contribution in [0.1, 0.15) is 5.01 Å². The number of β-lactam (4-membered cyclic amide) rings is 1. The van der Waals surface area contributed by atoms with Crippen LogP contribution in [0.5, 0.6) is 0 Å². The van der Waals surface area contributed by atoms with Gasteiger partial charge >= 0.3 is 5.97 Å². The first-order valence-corrected chi connectivity index (χ1v) is 9.40. The molecule has 2 aliphatic rings. The molecule has 2 N–H and O–H groups in total. The Morgan fingerprint density at radius 2 is 2.35 bits per heavy atom. The summed E-state index contributed by atoms with van der Waals surface area (Å²) in [5.74, 6) is -0.582. The first-order chi connectivity index (χ1) is 11.0. The number of thioether (sulfide) groups is 2. The summed E-state index contributed by atoms with van der Waals surface area (Å²) in [6.07, 6.45) is 0.466. The second-order valence-electron chi connectivity index (χ2n) is 4.80. The van der Waals surface area contributed by atoms with Gasteiger partial charge in [0.25, 0.3) is 5.91 Å². The van der Waals surface area contributed by atoms with Crippen LogP contribution in [0.2, 0.25) is 0 Å². The van der Waals surface area contributed by atoms with Crippen molar-refractivity contribution in [2.45, 2.75) is 22.7 Å². The van der Waals surface area contributed by atoms with Crippen LogP contribution in [-0.2, 0) is 14.4 Å². The summed E-state index contributed by atoms with van der Waals surface area (Å²) >= 11 is 4.30. The molecule has 122 valence electrons. The van der Waals surface area contributed by atoms with Crippen molar-refractivity contribution < 1.29 is 19.5 Å². The summed E-state index contributed by atoms with van der Waals surface area (Å²) in [6, 6.07) is -0.646. The number of hydrogen-bond acceptors (Lipinski definition) is 8. The number of nitrogens with zero attached hydrogens (tertiary/aromatic N) is 3. The lowest BCUT2D eigenvalue weighted by atomic mass is 10.0. The van der Waals surface area contributed by atoms with Crippen molar-refractivity contribution in [1.82, 2.24) is 20.4 Å². The third-order valence-electron chi connectivity index (χ3n) is 3.37. The van der Waals surface area contributed by atoms with Crippen LogP contribution in [0.25, 0.3) is 0 Å². The zero-order chi connectivity index (χ0) is 16.6. The second-order valence-corrected chi connectivity index (χ2v) is 8.31. The van der Waals surface area contributed by atoms with Gasteiger partial charge in [0.15, 0.2) is 4.34 Å². The van der Waals surface area contributed by atoms with E-state index in [0.29, 0.717) is 23.5 Å². The molecule has 2 aliphatic heterocycles. The summed E-state index contributed by atoms with van der Waals surface area (Å²) in [6.45, 7) is 1.85. The molecule has 23 heavy (non-hydrogen) atoms. The highest BCUT2D eigenvalue weighted by Crippen LogP contribution is 2.41. The van der Waals surface area contributed by atoms with Crippen LogP contribution in [0, 0.1) is 6.92 Å². The molecule has 1 fully saturated rings. The highest BCUT2D eigenvalue weighted by atomic mass is 32.2. The first kappa shape index (κ1) is 16.3. The monoisotopic (exact) mass is 372 g/mol. The maximum Gasteiger partial charge on any atom is 0.352 e. The summed E-state index contributed by atoms with van der Waals surface area (Å²) in [4.78, 5) is 35.5. The van der Waals surface area contributed by atoms with Crippen LogP contribution in [-0.4, -0.2) is 61.4 Å². The Bertz CT molecular complexity index is 704. The van der Waals surface area contributed by atoms with Gasteiger partial charge in [-0.3, -0.25) is 14.5 Å². The van der Waals surface area contributed by atoms with Gasteiger partial charge in [0.2, 0.25) is 6.41 Å². The molecule has 2 amide bonds. The number of nitrogens with one attached hydrogen (secondary N) is 1. The van der Waals surface area contributed by atoms with Crippen molar-refractivity contribution in [2.75, 3.05) is 11.5 Å². The number of rotatable bonds is 6. The van der Waals surface area contributed by atoms with Gasteiger partial charge in [0, 0.05) is 11.5 Å². The minimum atomic E-state index is -1.13. The van der Waals surface area contributed by atoms with Crippen molar-refractivity contribution in [2.24, 2.45) is 0 Å². The van der Waals surface area contributed by atoms with Gasteiger partial charge in [0.05, 0.1) is 0 Å². The molecule has 0 bridgehead atoms. The number of aryl methyl sites for hydroxylation is 1. The summed E-state index contributed by atoms with van der Waals surface area (Å²) in [5.41, 5.74) is 0.700. The molecule has 0 spiro atoms. The van der Waals surface area contributed by atoms with E-state index in [2.05, 4.69) is 15.5 Å². The zero-order valence-corrected chi connectivity index (χ0v) is 14.3. The van der Waals surface area contributed by atoms with Crippen molar-refractivity contribution in [3.8, 4) is 0 Å². The largest absolute Gasteiger partial charge is 0.477 e. The van der Waals surface area contributed by atoms with Gasteiger partial charge in [-0.25, -0.2) is 4.79 Å². The zero-order valence-electron chi connectivity index (χ0n) is 11.9. The topological polar surface area (TPSA) is 112 Å². The van der Waals surface area contributed by atoms with Gasteiger partial charge in [-0.05, 0) is 12.5 Å². The molecule has 0 aliphatic carbocycles. The fraction of sp³-hybridized carbons (Fsp3) is 0.417. The van der Waals surface area contributed by atoms with E-state index in [1.54, 1.807) is 0 Å². The smallest absolute Gasteiger partial charge is 0.352 e. The second kappa shape index (κ2) is 6.49. The molecule has 3 rings (SSSR count). The molecule has 11 heteroatoms. The lowest BCUT2D eigenvalue weighted by Crippen LogP contribution is -2.69.